The van der Waals surface area contributed by atoms with Gasteiger partial charge in [0, 0.05) is 37.1 Å². The fourth-order valence-corrected chi connectivity index (χ4v) is 5.55. The minimum absolute atomic E-state index is 0. The molecule has 2 aliphatic heterocycles. The lowest BCUT2D eigenvalue weighted by Crippen LogP contribution is -2.59. The van der Waals surface area contributed by atoms with Crippen molar-refractivity contribution in [2.75, 3.05) is 33.3 Å². The number of rotatable bonds is 3. The summed E-state index contributed by atoms with van der Waals surface area (Å²) in [4.78, 5) is 36.1. The van der Waals surface area contributed by atoms with Gasteiger partial charge >= 0.3 is 0 Å². The topological polar surface area (TPSA) is 87.3 Å². The summed E-state index contributed by atoms with van der Waals surface area (Å²) < 4.78 is 5.79. The highest BCUT2D eigenvalue weighted by Gasteiger charge is 2.49. The Labute approximate surface area is 177 Å². The lowest BCUT2D eigenvalue weighted by atomic mass is 9.76. The van der Waals surface area contributed by atoms with Crippen molar-refractivity contribution in [3.05, 3.63) is 27.4 Å². The SMILES string of the molecule is COC1(C(=O)N2CCCC3(CCc4c3nc(C3CC3)[nH]c4=O)C2)CCNCC1.Cl. The highest BCUT2D eigenvalue weighted by atomic mass is 35.5. The van der Waals surface area contributed by atoms with Crippen molar-refractivity contribution in [1.29, 1.82) is 0 Å². The molecule has 3 heterocycles. The summed E-state index contributed by atoms with van der Waals surface area (Å²) in [6.07, 6.45) is 7.30. The molecule has 2 aliphatic carbocycles. The quantitative estimate of drug-likeness (QED) is 0.773. The maximum Gasteiger partial charge on any atom is 0.254 e. The van der Waals surface area contributed by atoms with Gasteiger partial charge in [0.1, 0.15) is 11.4 Å². The van der Waals surface area contributed by atoms with E-state index < -0.39 is 5.60 Å². The first-order valence-electron chi connectivity index (χ1n) is 10.8. The molecule has 29 heavy (non-hydrogen) atoms. The van der Waals surface area contributed by atoms with E-state index in [0.29, 0.717) is 25.3 Å². The molecule has 3 fully saturated rings. The summed E-state index contributed by atoms with van der Waals surface area (Å²) >= 11 is 0. The first-order valence-corrected chi connectivity index (χ1v) is 10.8. The van der Waals surface area contributed by atoms with Gasteiger partial charge in [-0.2, -0.15) is 0 Å². The van der Waals surface area contributed by atoms with Gasteiger partial charge in [0.2, 0.25) is 0 Å². The molecule has 0 aromatic carbocycles. The smallest absolute Gasteiger partial charge is 0.254 e. The number of hydrogen-bond donors (Lipinski definition) is 2. The fraction of sp³-hybridized carbons (Fsp3) is 0.762. The zero-order valence-corrected chi connectivity index (χ0v) is 17.9. The third kappa shape index (κ3) is 3.41. The summed E-state index contributed by atoms with van der Waals surface area (Å²) in [5.41, 5.74) is 1.00. The Morgan fingerprint density at radius 2 is 1.97 bits per heavy atom. The van der Waals surface area contributed by atoms with Crippen molar-refractivity contribution in [2.24, 2.45) is 0 Å². The summed E-state index contributed by atoms with van der Waals surface area (Å²) in [6.45, 7) is 3.05. The lowest BCUT2D eigenvalue weighted by Gasteiger charge is -2.45. The highest BCUT2D eigenvalue weighted by Crippen LogP contribution is 2.45. The van der Waals surface area contributed by atoms with E-state index in [1.54, 1.807) is 7.11 Å². The minimum Gasteiger partial charge on any atom is -0.368 e. The van der Waals surface area contributed by atoms with E-state index in [9.17, 15) is 9.59 Å². The van der Waals surface area contributed by atoms with Crippen molar-refractivity contribution in [3.8, 4) is 0 Å². The normalized spacial score (nSPS) is 28.1. The number of carbonyl (C=O) groups is 1. The summed E-state index contributed by atoms with van der Waals surface area (Å²) in [6, 6.07) is 0. The van der Waals surface area contributed by atoms with Gasteiger partial charge in [-0.15, -0.1) is 12.4 Å². The molecular formula is C21H31ClN4O3. The zero-order valence-electron chi connectivity index (χ0n) is 17.1. The second-order valence-corrected chi connectivity index (χ2v) is 9.11. The number of nitrogens with one attached hydrogen (secondary N) is 2. The first kappa shape index (κ1) is 20.8. The number of aromatic nitrogens is 2. The number of ether oxygens (including phenoxy) is 1. The number of halogens is 1. The molecule has 1 atom stereocenters. The van der Waals surface area contributed by atoms with Crippen molar-refractivity contribution < 1.29 is 9.53 Å². The van der Waals surface area contributed by atoms with Gasteiger partial charge < -0.3 is 19.9 Å². The number of likely N-dealkylation sites (tertiary alicyclic amines) is 1. The number of carbonyl (C=O) groups excluding carboxylic acids is 1. The van der Waals surface area contributed by atoms with Crippen LogP contribution in [0.25, 0.3) is 0 Å². The Balaban J connectivity index is 0.00000205. The van der Waals surface area contributed by atoms with Gasteiger partial charge in [0.05, 0.1) is 5.69 Å². The summed E-state index contributed by atoms with van der Waals surface area (Å²) in [5.74, 6) is 1.40. The molecule has 1 aromatic rings. The van der Waals surface area contributed by atoms with E-state index in [2.05, 4.69) is 10.3 Å². The molecule has 1 amide bonds. The number of piperidine rings is 2. The second-order valence-electron chi connectivity index (χ2n) is 9.11. The van der Waals surface area contributed by atoms with E-state index in [4.69, 9.17) is 9.72 Å². The number of amides is 1. The molecule has 1 spiro atoms. The molecule has 4 aliphatic rings. The molecule has 7 nitrogen and oxygen atoms in total. The zero-order chi connectivity index (χ0) is 19.4. The molecule has 1 saturated carbocycles. The average Bonchev–Trinajstić information content (AvgIpc) is 3.53. The Morgan fingerprint density at radius 3 is 2.66 bits per heavy atom. The molecule has 2 saturated heterocycles. The summed E-state index contributed by atoms with van der Waals surface area (Å²) in [7, 11) is 1.66. The third-order valence-electron chi connectivity index (χ3n) is 7.41. The van der Waals surface area contributed by atoms with Crippen LogP contribution >= 0.6 is 12.4 Å². The van der Waals surface area contributed by atoms with Crippen molar-refractivity contribution in [1.82, 2.24) is 20.2 Å². The molecule has 8 heteroatoms. The molecule has 1 aromatic heterocycles. The minimum atomic E-state index is -0.702. The Morgan fingerprint density at radius 1 is 1.21 bits per heavy atom. The molecule has 160 valence electrons. The van der Waals surface area contributed by atoms with E-state index in [-0.39, 0.29) is 29.3 Å². The van der Waals surface area contributed by atoms with Crippen LogP contribution in [0.15, 0.2) is 4.79 Å². The summed E-state index contributed by atoms with van der Waals surface area (Å²) in [5, 5.41) is 3.32. The number of hydrogen-bond acceptors (Lipinski definition) is 5. The van der Waals surface area contributed by atoms with Gasteiger partial charge in [-0.1, -0.05) is 0 Å². The van der Waals surface area contributed by atoms with Crippen LogP contribution in [0.5, 0.6) is 0 Å². The van der Waals surface area contributed by atoms with Crippen LogP contribution in [0.2, 0.25) is 0 Å². The van der Waals surface area contributed by atoms with E-state index in [0.717, 1.165) is 75.2 Å². The predicted octanol–water partition coefficient (Wildman–Crippen LogP) is 1.64. The van der Waals surface area contributed by atoms with E-state index in [1.165, 1.54) is 0 Å². The second kappa shape index (κ2) is 7.67. The average molecular weight is 423 g/mol. The van der Waals surface area contributed by atoms with Crippen LogP contribution < -0.4 is 10.9 Å². The number of H-pyrrole nitrogens is 1. The van der Waals surface area contributed by atoms with Crippen molar-refractivity contribution in [2.45, 2.75) is 68.3 Å². The van der Waals surface area contributed by atoms with Crippen LogP contribution in [-0.4, -0.2) is 59.7 Å². The van der Waals surface area contributed by atoms with Crippen LogP contribution in [0, 0.1) is 0 Å². The van der Waals surface area contributed by atoms with Crippen molar-refractivity contribution >= 4 is 18.3 Å². The molecular weight excluding hydrogens is 392 g/mol. The van der Waals surface area contributed by atoms with Gasteiger partial charge in [-0.3, -0.25) is 9.59 Å². The maximum absolute atomic E-state index is 13.5. The molecule has 0 radical (unpaired) electrons. The van der Waals surface area contributed by atoms with E-state index >= 15 is 0 Å². The van der Waals surface area contributed by atoms with Crippen LogP contribution in [-0.2, 0) is 21.4 Å². The monoisotopic (exact) mass is 422 g/mol. The van der Waals surface area contributed by atoms with Crippen molar-refractivity contribution in [3.63, 3.8) is 0 Å². The van der Waals surface area contributed by atoms with Gasteiger partial charge in [0.15, 0.2) is 0 Å². The number of nitrogens with zero attached hydrogens (tertiary/aromatic N) is 2. The third-order valence-corrected chi connectivity index (χ3v) is 7.41. The lowest BCUT2D eigenvalue weighted by molar-refractivity contribution is -0.160. The largest absolute Gasteiger partial charge is 0.368 e. The first-order chi connectivity index (χ1) is 13.6. The predicted molar refractivity (Wildman–Crippen MR) is 112 cm³/mol. The number of fused-ring (bicyclic) bond motifs is 2. The number of methoxy groups -OCH3 is 1. The van der Waals surface area contributed by atoms with Gasteiger partial charge in [0.25, 0.3) is 11.5 Å². The molecule has 5 rings (SSSR count). The maximum atomic E-state index is 13.5. The van der Waals surface area contributed by atoms with Gasteiger partial charge in [-0.25, -0.2) is 4.98 Å². The van der Waals surface area contributed by atoms with Crippen LogP contribution in [0.3, 0.4) is 0 Å². The highest BCUT2D eigenvalue weighted by molar-refractivity contribution is 5.86. The van der Waals surface area contributed by atoms with E-state index in [1.807, 2.05) is 4.90 Å². The fourth-order valence-electron chi connectivity index (χ4n) is 5.55. The molecule has 2 N–H and O–H groups in total. The Kier molecular flexibility index (Phi) is 5.51. The standard InChI is InChI=1S/C21H30N4O3.ClH/c1-28-21(8-10-22-11-9-21)19(27)25-12-2-6-20(13-25)7-5-15-16(20)23-17(14-3-4-14)24-18(15)26;/h14,22H,2-13H2,1H3,(H,23,24,26);1H. The van der Waals surface area contributed by atoms with Crippen LogP contribution in [0.4, 0.5) is 0 Å². The molecule has 1 unspecified atom stereocenters. The Hall–Kier alpha value is -1.44. The number of aromatic amines is 1. The van der Waals surface area contributed by atoms with Gasteiger partial charge in [-0.05, 0) is 64.5 Å². The Bertz CT molecular complexity index is 847. The van der Waals surface area contributed by atoms with Crippen LogP contribution in [0.1, 0.15) is 67.9 Å². The molecule has 0 bridgehead atoms.